The first-order valence-electron chi connectivity index (χ1n) is 13.1. The summed E-state index contributed by atoms with van der Waals surface area (Å²) < 4.78 is 5.68. The van der Waals surface area contributed by atoms with Crippen molar-refractivity contribution in [3.05, 3.63) is 23.8 Å². The van der Waals surface area contributed by atoms with Crippen LogP contribution in [-0.4, -0.2) is 68.6 Å². The summed E-state index contributed by atoms with van der Waals surface area (Å²) >= 11 is 0. The maximum Gasteiger partial charge on any atom is 0.407 e. The molecule has 1 aromatic rings. The number of hydrogen-bond acceptors (Lipinski definition) is 4. The Kier molecular flexibility index (Phi) is 7.72. The van der Waals surface area contributed by atoms with Gasteiger partial charge in [0.25, 0.3) is 0 Å². The average molecular weight is 458 g/mol. The Labute approximate surface area is 199 Å². The molecular weight excluding hydrogens is 414 g/mol. The fourth-order valence-corrected chi connectivity index (χ4v) is 6.36. The standard InChI is InChI=1S/C27H43N3O3/c1-4-27(5-2)12-10-21(11-13-27)24-19-22(30-14-6-7-23(20-30)33-3)8-9-25(24)28-15-17-29(18-16-28)26(31)32/h8-9,19,21,23H,4-7,10-18,20H2,1-3H3,(H,31,32). The summed E-state index contributed by atoms with van der Waals surface area (Å²) in [4.78, 5) is 17.9. The third kappa shape index (κ3) is 5.26. The van der Waals surface area contributed by atoms with Gasteiger partial charge in [0, 0.05) is 57.8 Å². The highest BCUT2D eigenvalue weighted by Gasteiger charge is 2.34. The Hall–Kier alpha value is -1.95. The van der Waals surface area contributed by atoms with Crippen molar-refractivity contribution in [2.24, 2.45) is 5.41 Å². The van der Waals surface area contributed by atoms with Crippen molar-refractivity contribution >= 4 is 17.5 Å². The quantitative estimate of drug-likeness (QED) is 0.606. The number of rotatable bonds is 6. The number of hydrogen-bond donors (Lipinski definition) is 1. The van der Waals surface area contributed by atoms with E-state index in [9.17, 15) is 9.90 Å². The number of carboxylic acid groups (broad SMARTS) is 1. The van der Waals surface area contributed by atoms with Crippen molar-refractivity contribution in [1.82, 2.24) is 4.90 Å². The SMILES string of the molecule is CCC1(CC)CCC(c2cc(N3CCCC(OC)C3)ccc2N2CCN(C(=O)O)CC2)CC1. The van der Waals surface area contributed by atoms with Crippen LogP contribution >= 0.6 is 0 Å². The van der Waals surface area contributed by atoms with E-state index in [-0.39, 0.29) is 0 Å². The predicted molar refractivity (Wildman–Crippen MR) is 135 cm³/mol. The highest BCUT2D eigenvalue weighted by molar-refractivity contribution is 5.67. The van der Waals surface area contributed by atoms with E-state index in [0.29, 0.717) is 30.5 Å². The summed E-state index contributed by atoms with van der Waals surface area (Å²) in [5.74, 6) is 0.590. The van der Waals surface area contributed by atoms with Crippen LogP contribution in [0.3, 0.4) is 0 Å². The number of amides is 1. The van der Waals surface area contributed by atoms with Gasteiger partial charge in [-0.2, -0.15) is 0 Å². The number of benzene rings is 1. The van der Waals surface area contributed by atoms with E-state index < -0.39 is 6.09 Å². The van der Waals surface area contributed by atoms with Crippen molar-refractivity contribution in [2.75, 3.05) is 56.2 Å². The Bertz CT molecular complexity index is 792. The van der Waals surface area contributed by atoms with Crippen LogP contribution < -0.4 is 9.80 Å². The third-order valence-corrected chi connectivity index (χ3v) is 8.96. The number of piperazine rings is 1. The normalized spacial score (nSPS) is 24.2. The zero-order valence-corrected chi connectivity index (χ0v) is 20.9. The third-order valence-electron chi connectivity index (χ3n) is 8.96. The van der Waals surface area contributed by atoms with Crippen LogP contribution in [-0.2, 0) is 4.74 Å². The summed E-state index contributed by atoms with van der Waals surface area (Å²) in [5.41, 5.74) is 4.66. The molecule has 33 heavy (non-hydrogen) atoms. The Morgan fingerprint density at radius 3 is 2.33 bits per heavy atom. The van der Waals surface area contributed by atoms with Gasteiger partial charge in [-0.1, -0.05) is 26.7 Å². The molecule has 1 N–H and O–H groups in total. The van der Waals surface area contributed by atoms with E-state index in [2.05, 4.69) is 41.8 Å². The molecule has 0 aromatic heterocycles. The van der Waals surface area contributed by atoms with Gasteiger partial charge in [0.05, 0.1) is 6.10 Å². The summed E-state index contributed by atoms with van der Waals surface area (Å²) in [7, 11) is 1.83. The van der Waals surface area contributed by atoms with Crippen LogP contribution in [0.1, 0.15) is 76.7 Å². The highest BCUT2D eigenvalue weighted by atomic mass is 16.5. The molecule has 6 heteroatoms. The van der Waals surface area contributed by atoms with Crippen LogP contribution in [0, 0.1) is 5.41 Å². The molecule has 184 valence electrons. The number of piperidine rings is 1. The molecule has 1 amide bonds. The Morgan fingerprint density at radius 1 is 1.03 bits per heavy atom. The molecule has 3 aliphatic rings. The first-order valence-corrected chi connectivity index (χ1v) is 13.1. The second-order valence-electron chi connectivity index (χ2n) is 10.4. The number of nitrogens with zero attached hydrogens (tertiary/aromatic N) is 3. The molecule has 1 unspecified atom stereocenters. The number of methoxy groups -OCH3 is 1. The van der Waals surface area contributed by atoms with Gasteiger partial charge in [0.15, 0.2) is 0 Å². The Morgan fingerprint density at radius 2 is 1.73 bits per heavy atom. The second kappa shape index (κ2) is 10.5. The molecule has 3 fully saturated rings. The van der Waals surface area contributed by atoms with Crippen LogP contribution in [0.2, 0.25) is 0 Å². The van der Waals surface area contributed by atoms with Crippen molar-refractivity contribution in [1.29, 1.82) is 0 Å². The van der Waals surface area contributed by atoms with Crippen LogP contribution in [0.4, 0.5) is 16.2 Å². The molecule has 6 nitrogen and oxygen atoms in total. The summed E-state index contributed by atoms with van der Waals surface area (Å²) in [6.07, 6.45) is 9.55. The zero-order valence-electron chi connectivity index (χ0n) is 20.9. The van der Waals surface area contributed by atoms with E-state index in [1.807, 2.05) is 7.11 Å². The predicted octanol–water partition coefficient (Wildman–Crippen LogP) is 5.57. The zero-order chi connectivity index (χ0) is 23.4. The molecular formula is C27H43N3O3. The lowest BCUT2D eigenvalue weighted by Crippen LogP contribution is -2.48. The first kappa shape index (κ1) is 24.2. The van der Waals surface area contributed by atoms with Crippen molar-refractivity contribution in [3.63, 3.8) is 0 Å². The van der Waals surface area contributed by atoms with E-state index in [0.717, 1.165) is 32.6 Å². The largest absolute Gasteiger partial charge is 0.465 e. The molecule has 1 aromatic carbocycles. The minimum Gasteiger partial charge on any atom is -0.465 e. The molecule has 1 atom stereocenters. The topological polar surface area (TPSA) is 56.2 Å². The maximum absolute atomic E-state index is 11.4. The molecule has 4 rings (SSSR count). The van der Waals surface area contributed by atoms with Gasteiger partial charge in [0.2, 0.25) is 0 Å². The van der Waals surface area contributed by atoms with E-state index in [1.54, 1.807) is 4.90 Å². The lowest BCUT2D eigenvalue weighted by atomic mass is 9.66. The smallest absolute Gasteiger partial charge is 0.407 e. The maximum atomic E-state index is 11.4. The molecule has 2 heterocycles. The Balaban J connectivity index is 1.59. The average Bonchev–Trinajstić information content (AvgIpc) is 2.88. The fourth-order valence-electron chi connectivity index (χ4n) is 6.36. The van der Waals surface area contributed by atoms with Crippen LogP contribution in [0.25, 0.3) is 0 Å². The summed E-state index contributed by atoms with van der Waals surface area (Å²) in [6.45, 7) is 9.49. The second-order valence-corrected chi connectivity index (χ2v) is 10.4. The van der Waals surface area contributed by atoms with Crippen LogP contribution in [0.5, 0.6) is 0 Å². The van der Waals surface area contributed by atoms with Gasteiger partial charge in [-0.05, 0) is 73.6 Å². The van der Waals surface area contributed by atoms with Gasteiger partial charge in [0.1, 0.15) is 0 Å². The van der Waals surface area contributed by atoms with E-state index in [4.69, 9.17) is 4.74 Å². The molecule has 1 saturated carbocycles. The molecule has 0 bridgehead atoms. The highest BCUT2D eigenvalue weighted by Crippen LogP contribution is 2.49. The summed E-state index contributed by atoms with van der Waals surface area (Å²) in [6, 6.07) is 7.07. The minimum atomic E-state index is -0.800. The monoisotopic (exact) mass is 457 g/mol. The fraction of sp³-hybridized carbons (Fsp3) is 0.741. The summed E-state index contributed by atoms with van der Waals surface area (Å²) in [5, 5.41) is 9.36. The molecule has 1 aliphatic carbocycles. The van der Waals surface area contributed by atoms with Crippen molar-refractivity contribution in [2.45, 2.75) is 77.2 Å². The lowest BCUT2D eigenvalue weighted by Gasteiger charge is -2.42. The number of ether oxygens (including phenoxy) is 1. The minimum absolute atomic E-state index is 0.315. The van der Waals surface area contributed by atoms with Gasteiger partial charge in [-0.15, -0.1) is 0 Å². The van der Waals surface area contributed by atoms with Gasteiger partial charge >= 0.3 is 6.09 Å². The lowest BCUT2D eigenvalue weighted by molar-refractivity contribution is 0.0893. The van der Waals surface area contributed by atoms with Crippen molar-refractivity contribution in [3.8, 4) is 0 Å². The van der Waals surface area contributed by atoms with Crippen molar-refractivity contribution < 1.29 is 14.6 Å². The van der Waals surface area contributed by atoms with Crippen LogP contribution in [0.15, 0.2) is 18.2 Å². The van der Waals surface area contributed by atoms with Gasteiger partial charge < -0.3 is 24.5 Å². The molecule has 0 spiro atoms. The number of carbonyl (C=O) groups is 1. The molecule has 0 radical (unpaired) electrons. The molecule has 2 saturated heterocycles. The van der Waals surface area contributed by atoms with Gasteiger partial charge in [-0.25, -0.2) is 4.79 Å². The number of anilines is 2. The molecule has 2 aliphatic heterocycles. The van der Waals surface area contributed by atoms with E-state index >= 15 is 0 Å². The first-order chi connectivity index (χ1) is 16.0. The van der Waals surface area contributed by atoms with Gasteiger partial charge in [-0.3, -0.25) is 0 Å². The van der Waals surface area contributed by atoms with E-state index in [1.165, 1.54) is 61.9 Å².